The van der Waals surface area contributed by atoms with Gasteiger partial charge >= 0.3 is 0 Å². The smallest absolute Gasteiger partial charge is 0.238 e. The topological polar surface area (TPSA) is 63.4 Å². The molecule has 0 saturated carbocycles. The molecule has 0 aromatic heterocycles. The van der Waals surface area contributed by atoms with Crippen molar-refractivity contribution < 1.29 is 8.42 Å². The molecule has 0 amide bonds. The van der Waals surface area contributed by atoms with Crippen LogP contribution >= 0.6 is 0 Å². The Morgan fingerprint density at radius 2 is 2.10 bits per heavy atom. The van der Waals surface area contributed by atoms with Crippen LogP contribution in [0, 0.1) is 5.92 Å². The molecule has 111 valence electrons. The maximum Gasteiger partial charge on any atom is 0.238 e. The summed E-state index contributed by atoms with van der Waals surface area (Å²) < 4.78 is 23.0. The van der Waals surface area contributed by atoms with Gasteiger partial charge in [0.15, 0.2) is 0 Å². The quantitative estimate of drug-likeness (QED) is 0.928. The maximum atomic E-state index is 11.5. The van der Waals surface area contributed by atoms with Crippen molar-refractivity contribution >= 4 is 10.0 Å². The van der Waals surface area contributed by atoms with Gasteiger partial charge in [-0.25, -0.2) is 13.6 Å². The third-order valence-electron chi connectivity index (χ3n) is 3.70. The van der Waals surface area contributed by atoms with Gasteiger partial charge in [-0.3, -0.25) is 4.90 Å². The summed E-state index contributed by atoms with van der Waals surface area (Å²) in [5, 5.41) is 5.23. The van der Waals surface area contributed by atoms with E-state index in [2.05, 4.69) is 18.7 Å². The van der Waals surface area contributed by atoms with Crippen LogP contribution in [0.3, 0.4) is 0 Å². The highest BCUT2D eigenvalue weighted by Gasteiger charge is 2.25. The number of sulfonamides is 1. The molecule has 1 aliphatic heterocycles. The Balaban J connectivity index is 2.28. The largest absolute Gasteiger partial charge is 0.296 e. The highest BCUT2D eigenvalue weighted by molar-refractivity contribution is 7.89. The summed E-state index contributed by atoms with van der Waals surface area (Å²) in [5.74, 6) is 1.37. The molecule has 20 heavy (non-hydrogen) atoms. The number of nitrogens with zero attached hydrogens (tertiary/aromatic N) is 1. The normalized spacial score (nSPS) is 21.3. The second-order valence-corrected chi connectivity index (χ2v) is 7.37. The van der Waals surface area contributed by atoms with E-state index in [0.29, 0.717) is 6.04 Å². The molecule has 1 saturated heterocycles. The molecule has 1 fully saturated rings. The number of hydrogen-bond donors (Lipinski definition) is 1. The fourth-order valence-electron chi connectivity index (χ4n) is 2.86. The first kappa shape index (κ1) is 15.5. The predicted molar refractivity (Wildman–Crippen MR) is 80.6 cm³/mol. The summed E-state index contributed by atoms with van der Waals surface area (Å²) in [6.07, 6.45) is 3.46. The van der Waals surface area contributed by atoms with Gasteiger partial charge in [-0.1, -0.05) is 32.4 Å². The Morgan fingerprint density at radius 3 is 2.75 bits per heavy atom. The van der Waals surface area contributed by atoms with E-state index in [1.165, 1.54) is 18.8 Å². The van der Waals surface area contributed by atoms with Gasteiger partial charge in [0.1, 0.15) is 0 Å². The van der Waals surface area contributed by atoms with Gasteiger partial charge < -0.3 is 0 Å². The molecule has 1 heterocycles. The fourth-order valence-corrected chi connectivity index (χ4v) is 3.43. The van der Waals surface area contributed by atoms with Crippen LogP contribution in [0.4, 0.5) is 0 Å². The van der Waals surface area contributed by atoms with Gasteiger partial charge in [-0.05, 0) is 43.0 Å². The third-order valence-corrected chi connectivity index (χ3v) is 4.62. The van der Waals surface area contributed by atoms with Crippen LogP contribution in [0.25, 0.3) is 0 Å². The van der Waals surface area contributed by atoms with Gasteiger partial charge in [0.25, 0.3) is 0 Å². The van der Waals surface area contributed by atoms with E-state index in [9.17, 15) is 8.42 Å². The van der Waals surface area contributed by atoms with Crippen LogP contribution in [-0.2, 0) is 10.0 Å². The molecule has 1 radical (unpaired) electrons. The van der Waals surface area contributed by atoms with Crippen molar-refractivity contribution in [3.63, 3.8) is 0 Å². The Labute approximate surface area is 122 Å². The summed E-state index contributed by atoms with van der Waals surface area (Å²) in [6, 6.07) is 7.36. The number of benzene rings is 1. The zero-order valence-corrected chi connectivity index (χ0v) is 13.0. The van der Waals surface area contributed by atoms with Crippen molar-refractivity contribution in [3.05, 3.63) is 35.7 Å². The van der Waals surface area contributed by atoms with Gasteiger partial charge in [-0.2, -0.15) is 0 Å². The predicted octanol–water partition coefficient (Wildman–Crippen LogP) is 2.48. The van der Waals surface area contributed by atoms with Crippen molar-refractivity contribution in [3.8, 4) is 0 Å². The molecular formula is C15H23N2O2S. The zero-order chi connectivity index (χ0) is 14.8. The number of likely N-dealkylation sites (tertiary alicyclic amines) is 1. The molecule has 2 N–H and O–H groups in total. The molecule has 0 spiro atoms. The molecule has 5 heteroatoms. The van der Waals surface area contributed by atoms with Crippen LogP contribution in [0.5, 0.6) is 0 Å². The molecule has 1 atom stereocenters. The van der Waals surface area contributed by atoms with Crippen LogP contribution in [0.15, 0.2) is 29.2 Å². The van der Waals surface area contributed by atoms with Gasteiger partial charge in [0.05, 0.1) is 4.90 Å². The van der Waals surface area contributed by atoms with Crippen LogP contribution in [-0.4, -0.2) is 26.4 Å². The molecule has 0 bridgehead atoms. The SMILES string of the molecule is C[C](C)CN1CCCCC1c1cccc(S(N)(=O)=O)c1. The molecule has 0 aliphatic carbocycles. The Morgan fingerprint density at radius 1 is 1.35 bits per heavy atom. The molecular weight excluding hydrogens is 272 g/mol. The van der Waals surface area contributed by atoms with Crippen molar-refractivity contribution in [2.45, 2.75) is 44.0 Å². The standard InChI is InChI=1S/C15H23N2O2S/c1-12(2)11-17-9-4-3-8-15(17)13-6-5-7-14(10-13)20(16,18)19/h5-7,10,15H,3-4,8-9,11H2,1-2H3,(H2,16,18,19). The number of piperidine rings is 1. The molecule has 1 unspecified atom stereocenters. The first-order valence-electron chi connectivity index (χ1n) is 7.04. The van der Waals surface area contributed by atoms with E-state index in [0.717, 1.165) is 25.1 Å². The first-order valence-corrected chi connectivity index (χ1v) is 8.58. The lowest BCUT2D eigenvalue weighted by molar-refractivity contribution is 0.155. The summed E-state index contributed by atoms with van der Waals surface area (Å²) in [7, 11) is -3.63. The minimum Gasteiger partial charge on any atom is -0.296 e. The first-order chi connectivity index (χ1) is 9.38. The third kappa shape index (κ3) is 3.81. The lowest BCUT2D eigenvalue weighted by atomic mass is 9.94. The van der Waals surface area contributed by atoms with E-state index < -0.39 is 10.0 Å². The molecule has 1 aliphatic rings. The molecule has 4 nitrogen and oxygen atoms in total. The average Bonchev–Trinajstić information content (AvgIpc) is 2.38. The zero-order valence-electron chi connectivity index (χ0n) is 12.2. The Bertz CT molecular complexity index is 555. The number of rotatable bonds is 4. The van der Waals surface area contributed by atoms with Gasteiger partial charge in [-0.15, -0.1) is 0 Å². The highest BCUT2D eigenvalue weighted by atomic mass is 32.2. The lowest BCUT2D eigenvalue weighted by Crippen LogP contribution is -2.35. The molecule has 1 aromatic rings. The van der Waals surface area contributed by atoms with E-state index >= 15 is 0 Å². The van der Waals surface area contributed by atoms with Gasteiger partial charge in [0.2, 0.25) is 10.0 Å². The van der Waals surface area contributed by atoms with E-state index in [4.69, 9.17) is 5.14 Å². The Kier molecular flexibility index (Phi) is 4.83. The minimum atomic E-state index is -3.63. The second kappa shape index (κ2) is 6.24. The number of primary sulfonamides is 1. The summed E-state index contributed by atoms with van der Waals surface area (Å²) in [5.41, 5.74) is 1.05. The van der Waals surface area contributed by atoms with Crippen LogP contribution < -0.4 is 5.14 Å². The van der Waals surface area contributed by atoms with Crippen molar-refractivity contribution in [1.82, 2.24) is 4.90 Å². The van der Waals surface area contributed by atoms with Crippen molar-refractivity contribution in [2.24, 2.45) is 5.14 Å². The Hall–Kier alpha value is -0.910. The minimum absolute atomic E-state index is 0.206. The monoisotopic (exact) mass is 295 g/mol. The average molecular weight is 295 g/mol. The molecule has 2 rings (SSSR count). The van der Waals surface area contributed by atoms with E-state index in [1.54, 1.807) is 18.2 Å². The van der Waals surface area contributed by atoms with Gasteiger partial charge in [0, 0.05) is 12.6 Å². The summed E-state index contributed by atoms with van der Waals surface area (Å²) in [4.78, 5) is 2.64. The second-order valence-electron chi connectivity index (χ2n) is 5.81. The lowest BCUT2D eigenvalue weighted by Gasteiger charge is -2.37. The summed E-state index contributed by atoms with van der Waals surface area (Å²) in [6.45, 7) is 6.29. The van der Waals surface area contributed by atoms with Crippen LogP contribution in [0.1, 0.15) is 44.7 Å². The number of hydrogen-bond acceptors (Lipinski definition) is 3. The maximum absolute atomic E-state index is 11.5. The fraction of sp³-hybridized carbons (Fsp3) is 0.533. The van der Waals surface area contributed by atoms with Crippen LogP contribution in [0.2, 0.25) is 0 Å². The van der Waals surface area contributed by atoms with E-state index in [-0.39, 0.29) is 4.90 Å². The molecule has 1 aromatic carbocycles. The van der Waals surface area contributed by atoms with Crippen molar-refractivity contribution in [2.75, 3.05) is 13.1 Å². The highest BCUT2D eigenvalue weighted by Crippen LogP contribution is 2.32. The van der Waals surface area contributed by atoms with E-state index in [1.807, 2.05) is 6.07 Å². The summed E-state index contributed by atoms with van der Waals surface area (Å²) >= 11 is 0. The number of nitrogens with two attached hydrogens (primary N) is 1. The van der Waals surface area contributed by atoms with Crippen molar-refractivity contribution in [1.29, 1.82) is 0 Å².